The van der Waals surface area contributed by atoms with Gasteiger partial charge in [0, 0.05) is 29.1 Å². The van der Waals surface area contributed by atoms with Gasteiger partial charge in [-0.25, -0.2) is 4.39 Å². The molecule has 0 saturated carbocycles. The highest BCUT2D eigenvalue weighted by Crippen LogP contribution is 2.28. The molecule has 3 aromatic rings. The lowest BCUT2D eigenvalue weighted by Gasteiger charge is -2.26. The molecule has 192 valence electrons. The van der Waals surface area contributed by atoms with Gasteiger partial charge in [0.15, 0.2) is 5.43 Å². The normalized spacial score (nSPS) is 14.4. The van der Waals surface area contributed by atoms with E-state index in [0.29, 0.717) is 40.1 Å². The second-order valence-corrected chi connectivity index (χ2v) is 10.1. The van der Waals surface area contributed by atoms with Gasteiger partial charge >= 0.3 is 0 Å². The van der Waals surface area contributed by atoms with Crippen LogP contribution in [0.5, 0.6) is 5.75 Å². The van der Waals surface area contributed by atoms with E-state index in [1.54, 1.807) is 18.2 Å². The maximum atomic E-state index is 13.8. The molecule has 0 radical (unpaired) electrons. The number of aromatic amines is 1. The average Bonchev–Trinajstić information content (AvgIpc) is 2.85. The van der Waals surface area contributed by atoms with E-state index >= 15 is 0 Å². The van der Waals surface area contributed by atoms with Gasteiger partial charge in [-0.1, -0.05) is 18.0 Å². The highest BCUT2D eigenvalue weighted by molar-refractivity contribution is 6.31. The molecule has 1 aliphatic heterocycles. The van der Waals surface area contributed by atoms with Gasteiger partial charge in [-0.3, -0.25) is 9.59 Å². The number of halogens is 2. The van der Waals surface area contributed by atoms with Crippen LogP contribution in [0.4, 0.5) is 4.39 Å². The number of amides is 1. The molecule has 0 bridgehead atoms. The third kappa shape index (κ3) is 6.45. The number of pyridine rings is 1. The first-order chi connectivity index (χ1) is 17.3. The van der Waals surface area contributed by atoms with Gasteiger partial charge in [0.2, 0.25) is 5.91 Å². The van der Waals surface area contributed by atoms with Crippen molar-refractivity contribution in [3.05, 3.63) is 63.0 Å². The van der Waals surface area contributed by atoms with Crippen molar-refractivity contribution < 1.29 is 13.9 Å². The number of rotatable bonds is 9. The number of hydrogen-bond donors (Lipinski definition) is 2. The monoisotopic (exact) mass is 513 g/mol. The number of piperidine rings is 1. The van der Waals surface area contributed by atoms with Crippen LogP contribution in [0.3, 0.4) is 0 Å². The Balaban J connectivity index is 1.62. The van der Waals surface area contributed by atoms with Gasteiger partial charge in [0.05, 0.1) is 29.3 Å². The molecule has 0 aliphatic carbocycles. The van der Waals surface area contributed by atoms with Crippen molar-refractivity contribution in [1.82, 2.24) is 15.2 Å². The highest BCUT2D eigenvalue weighted by atomic mass is 35.5. The van der Waals surface area contributed by atoms with Crippen LogP contribution in [-0.2, 0) is 11.2 Å². The maximum Gasteiger partial charge on any atom is 0.224 e. The van der Waals surface area contributed by atoms with Gasteiger partial charge in [-0.05, 0) is 82.6 Å². The maximum absolute atomic E-state index is 13.8. The molecule has 36 heavy (non-hydrogen) atoms. The van der Waals surface area contributed by atoms with E-state index in [9.17, 15) is 14.0 Å². The van der Waals surface area contributed by atoms with Gasteiger partial charge in [0.1, 0.15) is 11.6 Å². The van der Waals surface area contributed by atoms with Crippen LogP contribution < -0.4 is 15.5 Å². The Hall–Kier alpha value is -2.90. The second-order valence-electron chi connectivity index (χ2n) is 9.65. The highest BCUT2D eigenvalue weighted by Gasteiger charge is 2.19. The van der Waals surface area contributed by atoms with Gasteiger partial charge in [-0.15, -0.1) is 0 Å². The van der Waals surface area contributed by atoms with Crippen molar-refractivity contribution in [3.8, 4) is 17.0 Å². The molecule has 1 saturated heterocycles. The predicted octanol–water partition coefficient (Wildman–Crippen LogP) is 5.31. The molecule has 1 aromatic heterocycles. The smallest absolute Gasteiger partial charge is 0.224 e. The topological polar surface area (TPSA) is 74.4 Å². The van der Waals surface area contributed by atoms with Crippen LogP contribution >= 0.6 is 11.6 Å². The standard InChI is InChI=1S/C28H33ClFN3O3/c1-18(2)31-26(34)17-22-27(19-7-9-24(30)23(29)15-19)32-25-10-8-20(16-21(25)28(22)35)36-14-6-13-33-11-4-3-5-12-33/h7-10,15-16,18H,3-6,11-14,17H2,1-2H3,(H,31,34)(H,32,35). The molecule has 0 spiro atoms. The lowest BCUT2D eigenvalue weighted by molar-refractivity contribution is -0.120. The van der Waals surface area contributed by atoms with E-state index in [0.717, 1.165) is 26.1 Å². The molecule has 2 N–H and O–H groups in total. The number of carbonyl (C=O) groups excluding carboxylic acids is 1. The number of carbonyl (C=O) groups is 1. The van der Waals surface area contributed by atoms with E-state index in [2.05, 4.69) is 15.2 Å². The molecule has 6 nitrogen and oxygen atoms in total. The fraction of sp³-hybridized carbons (Fsp3) is 0.429. The van der Waals surface area contributed by atoms with E-state index < -0.39 is 5.82 Å². The fourth-order valence-electron chi connectivity index (χ4n) is 4.66. The minimum atomic E-state index is -0.551. The summed E-state index contributed by atoms with van der Waals surface area (Å²) in [5, 5.41) is 3.21. The first-order valence-electron chi connectivity index (χ1n) is 12.6. The minimum absolute atomic E-state index is 0.0562. The Labute approximate surface area is 215 Å². The van der Waals surface area contributed by atoms with Gasteiger partial charge < -0.3 is 19.9 Å². The summed E-state index contributed by atoms with van der Waals surface area (Å²) in [6, 6.07) is 9.53. The molecule has 0 atom stereocenters. The van der Waals surface area contributed by atoms with Crippen molar-refractivity contribution in [2.24, 2.45) is 0 Å². The van der Waals surface area contributed by atoms with E-state index in [4.69, 9.17) is 16.3 Å². The van der Waals surface area contributed by atoms with Gasteiger partial charge in [0.25, 0.3) is 0 Å². The molecule has 0 unspecified atom stereocenters. The Bertz CT molecular complexity index is 1290. The third-order valence-corrected chi connectivity index (χ3v) is 6.69. The number of hydrogen-bond acceptors (Lipinski definition) is 4. The van der Waals surface area contributed by atoms with E-state index in [1.165, 1.54) is 31.4 Å². The minimum Gasteiger partial charge on any atom is -0.494 e. The fourth-order valence-corrected chi connectivity index (χ4v) is 4.84. The molecule has 1 aliphatic rings. The summed E-state index contributed by atoms with van der Waals surface area (Å²) in [4.78, 5) is 32.0. The van der Waals surface area contributed by atoms with Crippen LogP contribution in [0.1, 0.15) is 45.1 Å². The number of nitrogens with zero attached hydrogens (tertiary/aromatic N) is 1. The molecule has 8 heteroatoms. The van der Waals surface area contributed by atoms with Gasteiger partial charge in [-0.2, -0.15) is 0 Å². The van der Waals surface area contributed by atoms with Crippen LogP contribution in [-0.4, -0.2) is 48.1 Å². The van der Waals surface area contributed by atoms with Crippen LogP contribution in [0.15, 0.2) is 41.2 Å². The van der Waals surface area contributed by atoms with Crippen molar-refractivity contribution in [2.45, 2.75) is 52.0 Å². The number of fused-ring (bicyclic) bond motifs is 1. The summed E-state index contributed by atoms with van der Waals surface area (Å²) >= 11 is 6.01. The summed E-state index contributed by atoms with van der Waals surface area (Å²) in [5.74, 6) is -0.207. The molecular weight excluding hydrogens is 481 g/mol. The molecular formula is C28H33ClFN3O3. The van der Waals surface area contributed by atoms with E-state index in [-0.39, 0.29) is 28.8 Å². The average molecular weight is 514 g/mol. The SMILES string of the molecule is CC(C)NC(=O)Cc1c(-c2ccc(F)c(Cl)c2)[nH]c2ccc(OCCCN3CCCCC3)cc2c1=O. The van der Waals surface area contributed by atoms with Crippen LogP contribution in [0.25, 0.3) is 22.2 Å². The van der Waals surface area contributed by atoms with Crippen molar-refractivity contribution in [1.29, 1.82) is 0 Å². The summed E-state index contributed by atoms with van der Waals surface area (Å²) < 4.78 is 19.8. The third-order valence-electron chi connectivity index (χ3n) is 6.40. The number of likely N-dealkylation sites (tertiary alicyclic amines) is 1. The quantitative estimate of drug-likeness (QED) is 0.380. The summed E-state index contributed by atoms with van der Waals surface area (Å²) in [6.07, 6.45) is 4.64. The first-order valence-corrected chi connectivity index (χ1v) is 13.0. The number of aromatic nitrogens is 1. The Morgan fingerprint density at radius 1 is 1.17 bits per heavy atom. The van der Waals surface area contributed by atoms with Crippen LogP contribution in [0.2, 0.25) is 5.02 Å². The second kappa shape index (κ2) is 11.9. The Kier molecular flexibility index (Phi) is 8.64. The lowest BCUT2D eigenvalue weighted by Crippen LogP contribution is -2.33. The molecule has 2 aromatic carbocycles. The zero-order valence-corrected chi connectivity index (χ0v) is 21.6. The van der Waals surface area contributed by atoms with E-state index in [1.807, 2.05) is 19.9 Å². The molecule has 4 rings (SSSR count). The number of benzene rings is 2. The zero-order chi connectivity index (χ0) is 25.7. The number of ether oxygens (including phenoxy) is 1. The summed E-state index contributed by atoms with van der Waals surface area (Å²) in [6.45, 7) is 7.60. The largest absolute Gasteiger partial charge is 0.494 e. The van der Waals surface area contributed by atoms with Crippen molar-refractivity contribution in [3.63, 3.8) is 0 Å². The first kappa shape index (κ1) is 26.2. The molecule has 1 amide bonds. The molecule has 1 fully saturated rings. The van der Waals surface area contributed by atoms with Crippen molar-refractivity contribution >= 4 is 28.4 Å². The summed E-state index contributed by atoms with van der Waals surface area (Å²) in [7, 11) is 0. The lowest BCUT2D eigenvalue weighted by atomic mass is 9.99. The zero-order valence-electron chi connectivity index (χ0n) is 20.8. The number of H-pyrrole nitrogens is 1. The Morgan fingerprint density at radius 2 is 1.94 bits per heavy atom. The predicted molar refractivity (Wildman–Crippen MR) is 142 cm³/mol. The van der Waals surface area contributed by atoms with Crippen molar-refractivity contribution in [2.75, 3.05) is 26.2 Å². The summed E-state index contributed by atoms with van der Waals surface area (Å²) in [5.41, 5.74) is 1.61. The van der Waals surface area contributed by atoms with Crippen LogP contribution in [0, 0.1) is 5.82 Å². The Morgan fingerprint density at radius 3 is 2.67 bits per heavy atom. The number of nitrogens with one attached hydrogen (secondary N) is 2. The molecule has 2 heterocycles.